The van der Waals surface area contributed by atoms with Gasteiger partial charge in [-0.1, -0.05) is 0 Å². The first kappa shape index (κ1) is 12.0. The van der Waals surface area contributed by atoms with Crippen molar-refractivity contribution in [2.24, 2.45) is 0 Å². The average molecular weight is 210 g/mol. The minimum absolute atomic E-state index is 0.203. The van der Waals surface area contributed by atoms with E-state index in [-0.39, 0.29) is 5.75 Å². The summed E-state index contributed by atoms with van der Waals surface area (Å²) in [6.07, 6.45) is -5.60. The zero-order valence-corrected chi connectivity index (χ0v) is 6.94. The molecule has 0 spiro atoms. The highest BCUT2D eigenvalue weighted by Gasteiger charge is 2.60. The first-order valence-electron chi connectivity index (χ1n) is 3.00. The highest BCUT2D eigenvalue weighted by Crippen LogP contribution is 2.36. The summed E-state index contributed by atoms with van der Waals surface area (Å²) in [5.74, 6) is -6.69. The van der Waals surface area contributed by atoms with Gasteiger partial charge in [-0.25, -0.2) is 0 Å². The zero-order valence-electron chi connectivity index (χ0n) is 6.12. The number of hydrogen-bond acceptors (Lipinski definition) is 1. The highest BCUT2D eigenvalue weighted by molar-refractivity contribution is 7.91. The van der Waals surface area contributed by atoms with Crippen molar-refractivity contribution in [1.82, 2.24) is 0 Å². The molecule has 0 amide bonds. The lowest BCUT2D eigenvalue weighted by atomic mass is 10.4. The van der Waals surface area contributed by atoms with Crippen molar-refractivity contribution in [3.05, 3.63) is 0 Å². The van der Waals surface area contributed by atoms with Gasteiger partial charge in [0.25, 0.3) is 0 Å². The molecule has 0 radical (unpaired) electrons. The molecule has 0 aromatic heterocycles. The molecule has 1 nitrogen and oxygen atoms in total. The zero-order chi connectivity index (χ0) is 9.99. The molecule has 1 atom stereocenters. The van der Waals surface area contributed by atoms with Crippen LogP contribution in [-0.4, -0.2) is 28.2 Å². The molecule has 0 aromatic rings. The monoisotopic (exact) mass is 210 g/mol. The van der Waals surface area contributed by atoms with E-state index in [1.54, 1.807) is 0 Å². The number of alkyl halides is 5. The fourth-order valence-electron chi connectivity index (χ4n) is 0.386. The van der Waals surface area contributed by atoms with E-state index in [0.29, 0.717) is 0 Å². The van der Waals surface area contributed by atoms with Gasteiger partial charge < -0.3 is 4.55 Å². The highest BCUT2D eigenvalue weighted by atomic mass is 32.2. The van der Waals surface area contributed by atoms with Crippen molar-refractivity contribution >= 4 is 11.2 Å². The molecule has 0 heterocycles. The van der Waals surface area contributed by atoms with Crippen molar-refractivity contribution in [3.63, 3.8) is 0 Å². The van der Waals surface area contributed by atoms with Gasteiger partial charge in [0.2, 0.25) is 0 Å². The smallest absolute Gasteiger partial charge is 0.458 e. The van der Waals surface area contributed by atoms with Crippen LogP contribution in [0.1, 0.15) is 6.92 Å². The molecule has 0 saturated carbocycles. The van der Waals surface area contributed by atoms with Gasteiger partial charge in [0, 0.05) is 0 Å². The fraction of sp³-hybridized carbons (Fsp3) is 1.00. The Hall–Kier alpha value is -0.0400. The Labute approximate surface area is 69.1 Å². The largest absolute Gasteiger partial charge is 0.616 e. The topological polar surface area (TPSA) is 23.1 Å². The summed E-state index contributed by atoms with van der Waals surface area (Å²) >= 11 is -2.11. The van der Waals surface area contributed by atoms with Gasteiger partial charge in [-0.2, -0.15) is 22.0 Å². The van der Waals surface area contributed by atoms with Crippen molar-refractivity contribution in [2.45, 2.75) is 19.0 Å². The van der Waals surface area contributed by atoms with Gasteiger partial charge in [-0.3, -0.25) is 0 Å². The van der Waals surface area contributed by atoms with Crippen LogP contribution in [0.2, 0.25) is 0 Å². The van der Waals surface area contributed by atoms with Gasteiger partial charge in [0.05, 0.1) is 0 Å². The van der Waals surface area contributed by atoms with E-state index in [4.69, 9.17) is 0 Å². The van der Waals surface area contributed by atoms with Gasteiger partial charge >= 0.3 is 12.1 Å². The van der Waals surface area contributed by atoms with Crippen LogP contribution >= 0.6 is 0 Å². The SMILES string of the molecule is CC[S+]([O-])CC(F)(F)C(F)(F)F. The third kappa shape index (κ3) is 3.14. The maximum atomic E-state index is 12.0. The standard InChI is InChI=1S/C5H7F5OS/c1-2-12(11)3-4(6,7)5(8,9)10/h2-3H2,1H3. The number of halogens is 5. The predicted octanol–water partition coefficient (Wildman–Crippen LogP) is 1.95. The molecule has 0 aliphatic rings. The third-order valence-electron chi connectivity index (χ3n) is 1.08. The lowest BCUT2D eigenvalue weighted by Crippen LogP contribution is -2.43. The van der Waals surface area contributed by atoms with Crippen LogP contribution in [-0.2, 0) is 11.2 Å². The van der Waals surface area contributed by atoms with Crippen LogP contribution in [0.4, 0.5) is 22.0 Å². The molecule has 0 bridgehead atoms. The molecule has 0 aromatic carbocycles. The van der Waals surface area contributed by atoms with Crippen molar-refractivity contribution in [2.75, 3.05) is 11.5 Å². The Morgan fingerprint density at radius 1 is 1.17 bits per heavy atom. The van der Waals surface area contributed by atoms with Gasteiger partial charge in [0.1, 0.15) is 5.75 Å². The van der Waals surface area contributed by atoms with Gasteiger partial charge in [0.15, 0.2) is 5.75 Å². The molecule has 12 heavy (non-hydrogen) atoms. The van der Waals surface area contributed by atoms with E-state index >= 15 is 0 Å². The summed E-state index contributed by atoms with van der Waals surface area (Å²) in [4.78, 5) is 0. The Morgan fingerprint density at radius 3 is 1.83 bits per heavy atom. The first-order valence-corrected chi connectivity index (χ1v) is 4.49. The predicted molar refractivity (Wildman–Crippen MR) is 34.6 cm³/mol. The van der Waals surface area contributed by atoms with Crippen molar-refractivity contribution in [1.29, 1.82) is 0 Å². The van der Waals surface area contributed by atoms with Gasteiger partial charge in [-0.05, 0) is 18.1 Å². The van der Waals surface area contributed by atoms with Crippen molar-refractivity contribution < 1.29 is 26.5 Å². The summed E-state index contributed by atoms with van der Waals surface area (Å²) < 4.78 is 68.8. The molecule has 1 unspecified atom stereocenters. The van der Waals surface area contributed by atoms with Crippen LogP contribution in [0.5, 0.6) is 0 Å². The van der Waals surface area contributed by atoms with Crippen LogP contribution in [0.15, 0.2) is 0 Å². The van der Waals surface area contributed by atoms with E-state index in [9.17, 15) is 26.5 Å². The van der Waals surface area contributed by atoms with E-state index in [0.717, 1.165) is 0 Å². The molecule has 0 N–H and O–H groups in total. The summed E-state index contributed by atoms with van der Waals surface area (Å²) in [6, 6.07) is 0. The molecule has 7 heteroatoms. The molecule has 74 valence electrons. The fourth-order valence-corrected chi connectivity index (χ4v) is 1.16. The Kier molecular flexibility index (Phi) is 3.77. The van der Waals surface area contributed by atoms with E-state index in [1.165, 1.54) is 6.92 Å². The Morgan fingerprint density at radius 2 is 1.58 bits per heavy atom. The second-order valence-corrected chi connectivity index (χ2v) is 3.82. The second kappa shape index (κ2) is 3.78. The molecular formula is C5H7F5OS. The molecule has 0 aliphatic heterocycles. The molecule has 0 aliphatic carbocycles. The molecule has 0 rings (SSSR count). The van der Waals surface area contributed by atoms with E-state index in [2.05, 4.69) is 0 Å². The van der Waals surface area contributed by atoms with Crippen molar-refractivity contribution in [3.8, 4) is 0 Å². The molecular weight excluding hydrogens is 203 g/mol. The first-order chi connectivity index (χ1) is 5.20. The third-order valence-corrected chi connectivity index (χ3v) is 2.41. The normalized spacial score (nSPS) is 16.2. The molecule has 0 saturated heterocycles. The summed E-state index contributed by atoms with van der Waals surface area (Å²) in [6.45, 7) is 1.28. The second-order valence-electron chi connectivity index (χ2n) is 2.08. The van der Waals surface area contributed by atoms with Gasteiger partial charge in [-0.15, -0.1) is 0 Å². The molecule has 0 fully saturated rings. The van der Waals surface area contributed by atoms with E-state index < -0.39 is 29.0 Å². The maximum Gasteiger partial charge on any atom is 0.458 e. The summed E-state index contributed by atoms with van der Waals surface area (Å²) in [7, 11) is 0. The Balaban J connectivity index is 4.22. The number of hydrogen-bond donors (Lipinski definition) is 0. The minimum atomic E-state index is -5.60. The van der Waals surface area contributed by atoms with Crippen LogP contribution in [0.3, 0.4) is 0 Å². The lowest BCUT2D eigenvalue weighted by molar-refractivity contribution is -0.271. The summed E-state index contributed by atoms with van der Waals surface area (Å²) in [5.41, 5.74) is 0. The minimum Gasteiger partial charge on any atom is -0.616 e. The quantitative estimate of drug-likeness (QED) is 0.515. The van der Waals surface area contributed by atoms with Crippen LogP contribution < -0.4 is 0 Å². The van der Waals surface area contributed by atoms with E-state index in [1.807, 2.05) is 0 Å². The van der Waals surface area contributed by atoms with Crippen LogP contribution in [0, 0.1) is 0 Å². The average Bonchev–Trinajstić information content (AvgIpc) is 1.84. The lowest BCUT2D eigenvalue weighted by Gasteiger charge is -2.20. The maximum absolute atomic E-state index is 12.0. The number of rotatable bonds is 3. The van der Waals surface area contributed by atoms with Crippen LogP contribution in [0.25, 0.3) is 0 Å². The summed E-state index contributed by atoms with van der Waals surface area (Å²) in [5, 5.41) is 0. The Bertz CT molecular complexity index is 145.